The Labute approximate surface area is 207 Å². The van der Waals surface area contributed by atoms with Gasteiger partial charge in [0.15, 0.2) is 0 Å². The van der Waals surface area contributed by atoms with E-state index in [0.717, 1.165) is 11.3 Å². The second-order valence-electron chi connectivity index (χ2n) is 8.67. The predicted molar refractivity (Wildman–Crippen MR) is 142 cm³/mol. The maximum atomic E-state index is 13.5. The van der Waals surface area contributed by atoms with Crippen LogP contribution in [-0.2, 0) is 4.79 Å². The molecule has 0 aliphatic rings. The zero-order valence-corrected chi connectivity index (χ0v) is 21.0. The van der Waals surface area contributed by atoms with Crippen LogP contribution in [0.3, 0.4) is 0 Å². The third-order valence-corrected chi connectivity index (χ3v) is 7.18. The van der Waals surface area contributed by atoms with Crippen molar-refractivity contribution in [2.75, 3.05) is 10.6 Å². The molecule has 0 saturated heterocycles. The fourth-order valence-corrected chi connectivity index (χ4v) is 5.16. The van der Waals surface area contributed by atoms with Crippen molar-refractivity contribution in [2.45, 2.75) is 46.1 Å². The van der Waals surface area contributed by atoms with Gasteiger partial charge < -0.3 is 10.6 Å². The zero-order valence-electron chi connectivity index (χ0n) is 20.2. The van der Waals surface area contributed by atoms with Crippen molar-refractivity contribution < 1.29 is 9.59 Å². The minimum Gasteiger partial charge on any atom is -0.324 e. The SMILES string of the molecule is CCC(C(=O)Nc1ccccc1C(C)C)n1cnc2sc(C(=O)Nc3ccccc3)c(C)c2c1=O. The Bertz CT molecular complexity index is 1440. The molecule has 0 spiro atoms. The molecule has 0 fully saturated rings. The van der Waals surface area contributed by atoms with Gasteiger partial charge in [-0.1, -0.05) is 57.2 Å². The summed E-state index contributed by atoms with van der Waals surface area (Å²) >= 11 is 1.17. The molecule has 2 N–H and O–H groups in total. The first-order valence-electron chi connectivity index (χ1n) is 11.6. The summed E-state index contributed by atoms with van der Waals surface area (Å²) in [5.74, 6) is -0.335. The molecule has 2 aromatic heterocycles. The van der Waals surface area contributed by atoms with Crippen LogP contribution in [0.5, 0.6) is 0 Å². The number of amides is 2. The Morgan fingerprint density at radius 1 is 1.03 bits per heavy atom. The predicted octanol–water partition coefficient (Wildman–Crippen LogP) is 5.73. The van der Waals surface area contributed by atoms with Crippen LogP contribution in [0.25, 0.3) is 10.2 Å². The van der Waals surface area contributed by atoms with E-state index in [1.807, 2.05) is 49.4 Å². The molecular weight excluding hydrogens is 460 g/mol. The topological polar surface area (TPSA) is 93.1 Å². The fraction of sp³-hybridized carbons (Fsp3) is 0.259. The van der Waals surface area contributed by atoms with Gasteiger partial charge in [0.1, 0.15) is 10.9 Å². The van der Waals surface area contributed by atoms with E-state index in [9.17, 15) is 14.4 Å². The maximum absolute atomic E-state index is 13.5. The minimum absolute atomic E-state index is 0.237. The molecular formula is C27H28N4O3S. The molecule has 4 aromatic rings. The van der Waals surface area contributed by atoms with Gasteiger partial charge in [-0.05, 0) is 48.6 Å². The number of rotatable bonds is 7. The number of aryl methyl sites for hydroxylation is 1. The lowest BCUT2D eigenvalue weighted by Crippen LogP contribution is -2.33. The van der Waals surface area contributed by atoms with E-state index in [2.05, 4.69) is 29.5 Å². The largest absolute Gasteiger partial charge is 0.324 e. The van der Waals surface area contributed by atoms with Gasteiger partial charge in [0.25, 0.3) is 11.5 Å². The molecule has 2 aromatic carbocycles. The van der Waals surface area contributed by atoms with E-state index in [4.69, 9.17) is 0 Å². The number of aromatic nitrogens is 2. The molecule has 4 rings (SSSR count). The Morgan fingerprint density at radius 3 is 2.40 bits per heavy atom. The molecule has 35 heavy (non-hydrogen) atoms. The standard InChI is InChI=1S/C27H28N4O3S/c1-5-21(24(32)30-20-14-10-9-13-19(20)16(2)3)31-15-28-26-22(27(31)34)17(4)23(35-26)25(33)29-18-11-7-6-8-12-18/h6-16,21H,5H2,1-4H3,(H,29,33)(H,30,32). The second kappa shape index (κ2) is 10.2. The van der Waals surface area contributed by atoms with Gasteiger partial charge in [-0.25, -0.2) is 4.98 Å². The Morgan fingerprint density at radius 2 is 1.71 bits per heavy atom. The summed E-state index contributed by atoms with van der Waals surface area (Å²) in [7, 11) is 0. The molecule has 8 heteroatoms. The zero-order chi connectivity index (χ0) is 25.1. The van der Waals surface area contributed by atoms with E-state index in [1.165, 1.54) is 22.2 Å². The first kappa shape index (κ1) is 24.3. The minimum atomic E-state index is -0.736. The average molecular weight is 489 g/mol. The van der Waals surface area contributed by atoms with Crippen molar-refractivity contribution in [3.05, 3.63) is 87.3 Å². The van der Waals surface area contributed by atoms with Gasteiger partial charge in [0, 0.05) is 11.4 Å². The van der Waals surface area contributed by atoms with Crippen molar-refractivity contribution in [3.63, 3.8) is 0 Å². The molecule has 2 heterocycles. The highest BCUT2D eigenvalue weighted by Crippen LogP contribution is 2.29. The highest BCUT2D eigenvalue weighted by atomic mass is 32.1. The number of anilines is 2. The summed E-state index contributed by atoms with van der Waals surface area (Å²) in [5.41, 5.74) is 2.66. The molecule has 180 valence electrons. The summed E-state index contributed by atoms with van der Waals surface area (Å²) in [6.07, 6.45) is 1.81. The second-order valence-corrected chi connectivity index (χ2v) is 9.67. The summed E-state index contributed by atoms with van der Waals surface area (Å²) in [5, 5.41) is 6.22. The highest BCUT2D eigenvalue weighted by molar-refractivity contribution is 7.20. The molecule has 0 radical (unpaired) electrons. The summed E-state index contributed by atoms with van der Waals surface area (Å²) < 4.78 is 1.37. The van der Waals surface area contributed by atoms with Crippen LogP contribution in [0, 0.1) is 6.92 Å². The smallest absolute Gasteiger partial charge is 0.266 e. The van der Waals surface area contributed by atoms with Crippen molar-refractivity contribution in [3.8, 4) is 0 Å². The Balaban J connectivity index is 1.67. The summed E-state index contributed by atoms with van der Waals surface area (Å²) in [6.45, 7) is 7.73. The third-order valence-electron chi connectivity index (χ3n) is 5.98. The number of nitrogens with one attached hydrogen (secondary N) is 2. The lowest BCUT2D eigenvalue weighted by Gasteiger charge is -2.20. The Hall–Kier alpha value is -3.78. The van der Waals surface area contributed by atoms with Crippen LogP contribution in [0.15, 0.2) is 65.7 Å². The molecule has 0 aliphatic carbocycles. The molecule has 0 bridgehead atoms. The van der Waals surface area contributed by atoms with Crippen molar-refractivity contribution in [1.29, 1.82) is 0 Å². The van der Waals surface area contributed by atoms with Crippen molar-refractivity contribution in [2.24, 2.45) is 0 Å². The van der Waals surface area contributed by atoms with Gasteiger partial charge in [-0.3, -0.25) is 19.0 Å². The van der Waals surface area contributed by atoms with E-state index < -0.39 is 6.04 Å². The Kier molecular flexibility index (Phi) is 7.12. The van der Waals surface area contributed by atoms with Crippen LogP contribution in [0.4, 0.5) is 11.4 Å². The van der Waals surface area contributed by atoms with Crippen molar-refractivity contribution >= 4 is 44.7 Å². The summed E-state index contributed by atoms with van der Waals surface area (Å²) in [4.78, 5) is 45.0. The number of hydrogen-bond acceptors (Lipinski definition) is 5. The number of carbonyl (C=O) groups excluding carboxylic acids is 2. The van der Waals surface area contributed by atoms with Crippen LogP contribution >= 0.6 is 11.3 Å². The van der Waals surface area contributed by atoms with Gasteiger partial charge in [-0.15, -0.1) is 11.3 Å². The first-order chi connectivity index (χ1) is 16.8. The molecule has 2 amide bonds. The van der Waals surface area contributed by atoms with Gasteiger partial charge in [0.05, 0.1) is 16.6 Å². The monoisotopic (exact) mass is 488 g/mol. The van der Waals surface area contributed by atoms with E-state index in [0.29, 0.717) is 32.8 Å². The first-order valence-corrected chi connectivity index (χ1v) is 12.4. The molecule has 7 nitrogen and oxygen atoms in total. The number of hydrogen-bond donors (Lipinski definition) is 2. The number of thiophene rings is 1. The normalized spacial score (nSPS) is 12.0. The quantitative estimate of drug-likeness (QED) is 0.347. The maximum Gasteiger partial charge on any atom is 0.266 e. The lowest BCUT2D eigenvalue weighted by molar-refractivity contribution is -0.119. The molecule has 1 atom stereocenters. The number of nitrogens with zero attached hydrogens (tertiary/aromatic N) is 2. The highest BCUT2D eigenvalue weighted by Gasteiger charge is 2.25. The van der Waals surface area contributed by atoms with E-state index in [-0.39, 0.29) is 23.3 Å². The van der Waals surface area contributed by atoms with Crippen molar-refractivity contribution in [1.82, 2.24) is 9.55 Å². The van der Waals surface area contributed by atoms with E-state index >= 15 is 0 Å². The number of carbonyl (C=O) groups is 2. The van der Waals surface area contributed by atoms with Crippen LogP contribution in [0.1, 0.15) is 60.0 Å². The number of fused-ring (bicyclic) bond motifs is 1. The van der Waals surface area contributed by atoms with Crippen LogP contribution in [0.2, 0.25) is 0 Å². The van der Waals surface area contributed by atoms with E-state index in [1.54, 1.807) is 19.1 Å². The molecule has 0 saturated carbocycles. The van der Waals surface area contributed by atoms with Gasteiger partial charge in [0.2, 0.25) is 5.91 Å². The van der Waals surface area contributed by atoms with Gasteiger partial charge >= 0.3 is 0 Å². The average Bonchev–Trinajstić information content (AvgIpc) is 3.19. The number of para-hydroxylation sites is 2. The van der Waals surface area contributed by atoms with Crippen LogP contribution in [-0.4, -0.2) is 21.4 Å². The van der Waals surface area contributed by atoms with Gasteiger partial charge in [-0.2, -0.15) is 0 Å². The molecule has 1 unspecified atom stereocenters. The number of benzene rings is 2. The fourth-order valence-electron chi connectivity index (χ4n) is 4.12. The third kappa shape index (κ3) is 4.88. The van der Waals surface area contributed by atoms with Crippen LogP contribution < -0.4 is 16.2 Å². The lowest BCUT2D eigenvalue weighted by atomic mass is 10.0. The molecule has 0 aliphatic heterocycles. The summed E-state index contributed by atoms with van der Waals surface area (Å²) in [6, 6.07) is 16.1.